The van der Waals surface area contributed by atoms with Gasteiger partial charge < -0.3 is 10.1 Å². The van der Waals surface area contributed by atoms with Gasteiger partial charge in [-0.2, -0.15) is 13.2 Å². The van der Waals surface area contributed by atoms with Gasteiger partial charge in [-0.05, 0) is 30.2 Å². The number of nitrogens with one attached hydrogen (secondary N) is 1. The molecule has 0 bridgehead atoms. The number of nitrogens with zero attached hydrogens (tertiary/aromatic N) is 1. The van der Waals surface area contributed by atoms with Crippen molar-refractivity contribution in [1.29, 1.82) is 0 Å². The van der Waals surface area contributed by atoms with E-state index in [9.17, 15) is 13.2 Å². The summed E-state index contributed by atoms with van der Waals surface area (Å²) in [4.78, 5) is 1.49. The zero-order valence-corrected chi connectivity index (χ0v) is 11.6. The van der Waals surface area contributed by atoms with Gasteiger partial charge in [0.15, 0.2) is 0 Å². The van der Waals surface area contributed by atoms with Gasteiger partial charge in [-0.25, -0.2) is 0 Å². The SMILES string of the molecule is COc1ccc([C@H](N2CCNCC2)C(F)(F)F)c(C)c1. The standard InChI is InChI=1S/C14H19F3N2O/c1-10-9-11(20-2)3-4-12(10)13(14(15,16)17)19-7-5-18-6-8-19/h3-4,9,13,18H,5-8H2,1-2H3/t13-/m0/s1. The van der Waals surface area contributed by atoms with Crippen molar-refractivity contribution in [3.05, 3.63) is 29.3 Å². The van der Waals surface area contributed by atoms with E-state index in [0.29, 0.717) is 43.1 Å². The van der Waals surface area contributed by atoms with Crippen molar-refractivity contribution in [2.75, 3.05) is 33.3 Å². The molecule has 0 radical (unpaired) electrons. The largest absolute Gasteiger partial charge is 0.497 e. The summed E-state index contributed by atoms with van der Waals surface area (Å²) in [5.74, 6) is 0.576. The Labute approximate surface area is 116 Å². The Bertz CT molecular complexity index is 456. The first-order valence-corrected chi connectivity index (χ1v) is 6.59. The molecule has 1 saturated heterocycles. The molecular formula is C14H19F3N2O. The van der Waals surface area contributed by atoms with Crippen LogP contribution in [0.4, 0.5) is 13.2 Å². The van der Waals surface area contributed by atoms with E-state index in [0.717, 1.165) is 0 Å². The molecule has 1 aliphatic heterocycles. The summed E-state index contributed by atoms with van der Waals surface area (Å²) in [5, 5.41) is 3.08. The summed E-state index contributed by atoms with van der Waals surface area (Å²) in [6.45, 7) is 3.66. The summed E-state index contributed by atoms with van der Waals surface area (Å²) in [5.41, 5.74) is 0.908. The summed E-state index contributed by atoms with van der Waals surface area (Å²) < 4.78 is 45.4. The van der Waals surface area contributed by atoms with Crippen molar-refractivity contribution in [2.45, 2.75) is 19.1 Å². The van der Waals surface area contributed by atoms with E-state index in [1.807, 2.05) is 0 Å². The Balaban J connectivity index is 2.35. The van der Waals surface area contributed by atoms with E-state index in [4.69, 9.17) is 4.74 Å². The van der Waals surface area contributed by atoms with Gasteiger partial charge in [0.2, 0.25) is 0 Å². The van der Waals surface area contributed by atoms with Crippen molar-refractivity contribution in [3.8, 4) is 5.75 Å². The normalized spacial score (nSPS) is 18.9. The minimum Gasteiger partial charge on any atom is -0.497 e. The summed E-state index contributed by atoms with van der Waals surface area (Å²) in [7, 11) is 1.51. The molecule has 0 aliphatic carbocycles. The van der Waals surface area contributed by atoms with Crippen LogP contribution >= 0.6 is 0 Å². The minimum atomic E-state index is -4.28. The molecule has 1 atom stereocenters. The number of alkyl halides is 3. The van der Waals surface area contributed by atoms with Crippen LogP contribution in [0.2, 0.25) is 0 Å². The zero-order chi connectivity index (χ0) is 14.8. The lowest BCUT2D eigenvalue weighted by molar-refractivity contribution is -0.188. The van der Waals surface area contributed by atoms with Crippen LogP contribution in [0, 0.1) is 6.92 Å². The molecule has 0 unspecified atom stereocenters. The van der Waals surface area contributed by atoms with Crippen molar-refractivity contribution < 1.29 is 17.9 Å². The smallest absolute Gasteiger partial charge is 0.408 e. The topological polar surface area (TPSA) is 24.5 Å². The number of hydrogen-bond donors (Lipinski definition) is 1. The molecule has 112 valence electrons. The quantitative estimate of drug-likeness (QED) is 0.925. The van der Waals surface area contributed by atoms with Gasteiger partial charge in [0.05, 0.1) is 7.11 Å². The molecule has 6 heteroatoms. The fraction of sp³-hybridized carbons (Fsp3) is 0.571. The molecule has 3 nitrogen and oxygen atoms in total. The Kier molecular flexibility index (Phi) is 4.55. The van der Waals surface area contributed by atoms with E-state index >= 15 is 0 Å². The monoisotopic (exact) mass is 288 g/mol. The Morgan fingerprint density at radius 3 is 2.40 bits per heavy atom. The third-order valence-corrected chi connectivity index (χ3v) is 3.60. The zero-order valence-electron chi connectivity index (χ0n) is 11.6. The summed E-state index contributed by atoms with van der Waals surface area (Å²) in [6, 6.07) is 3.21. The van der Waals surface area contributed by atoms with E-state index < -0.39 is 12.2 Å². The van der Waals surface area contributed by atoms with Crippen molar-refractivity contribution >= 4 is 0 Å². The predicted molar refractivity (Wildman–Crippen MR) is 71.0 cm³/mol. The number of rotatable bonds is 3. The molecule has 0 saturated carbocycles. The molecule has 20 heavy (non-hydrogen) atoms. The summed E-state index contributed by atoms with van der Waals surface area (Å²) >= 11 is 0. The van der Waals surface area contributed by atoms with Crippen molar-refractivity contribution in [2.24, 2.45) is 0 Å². The second-order valence-electron chi connectivity index (χ2n) is 4.95. The van der Waals surface area contributed by atoms with Gasteiger partial charge in [-0.15, -0.1) is 0 Å². The molecule has 1 fully saturated rings. The molecule has 2 rings (SSSR count). The lowest BCUT2D eigenvalue weighted by atomic mass is 9.98. The number of halogens is 3. The highest BCUT2D eigenvalue weighted by Gasteiger charge is 2.45. The van der Waals surface area contributed by atoms with Gasteiger partial charge in [0, 0.05) is 26.2 Å². The van der Waals surface area contributed by atoms with Gasteiger partial charge in [-0.1, -0.05) is 6.07 Å². The van der Waals surface area contributed by atoms with E-state index in [-0.39, 0.29) is 0 Å². The molecule has 1 heterocycles. The lowest BCUT2D eigenvalue weighted by Gasteiger charge is -2.36. The Morgan fingerprint density at radius 1 is 1.25 bits per heavy atom. The maximum Gasteiger partial charge on any atom is 0.408 e. The minimum absolute atomic E-state index is 0.306. The number of piperazine rings is 1. The molecule has 0 amide bonds. The molecule has 1 aromatic rings. The molecule has 1 N–H and O–H groups in total. The van der Waals surface area contributed by atoms with Gasteiger partial charge in [-0.3, -0.25) is 4.90 Å². The first-order chi connectivity index (χ1) is 9.43. The van der Waals surface area contributed by atoms with Crippen LogP contribution in [0.1, 0.15) is 17.2 Å². The predicted octanol–water partition coefficient (Wildman–Crippen LogP) is 2.51. The van der Waals surface area contributed by atoms with Gasteiger partial charge >= 0.3 is 6.18 Å². The highest BCUT2D eigenvalue weighted by molar-refractivity contribution is 5.37. The Morgan fingerprint density at radius 2 is 1.90 bits per heavy atom. The third-order valence-electron chi connectivity index (χ3n) is 3.60. The first-order valence-electron chi connectivity index (χ1n) is 6.59. The number of hydrogen-bond acceptors (Lipinski definition) is 3. The maximum absolute atomic E-state index is 13.5. The highest BCUT2D eigenvalue weighted by Crippen LogP contribution is 2.39. The highest BCUT2D eigenvalue weighted by atomic mass is 19.4. The maximum atomic E-state index is 13.5. The van der Waals surface area contributed by atoms with E-state index in [1.165, 1.54) is 18.1 Å². The van der Waals surface area contributed by atoms with Crippen molar-refractivity contribution in [1.82, 2.24) is 10.2 Å². The van der Waals surface area contributed by atoms with Crippen LogP contribution in [-0.2, 0) is 0 Å². The van der Waals surface area contributed by atoms with Crippen LogP contribution in [0.3, 0.4) is 0 Å². The number of aryl methyl sites for hydroxylation is 1. The van der Waals surface area contributed by atoms with E-state index in [1.54, 1.807) is 19.1 Å². The first kappa shape index (κ1) is 15.1. The Hall–Kier alpha value is -1.27. The number of benzene rings is 1. The number of ether oxygens (including phenoxy) is 1. The second-order valence-corrected chi connectivity index (χ2v) is 4.95. The molecule has 0 aromatic heterocycles. The average molecular weight is 288 g/mol. The molecule has 1 aromatic carbocycles. The van der Waals surface area contributed by atoms with Crippen LogP contribution in [0.25, 0.3) is 0 Å². The number of methoxy groups -OCH3 is 1. The average Bonchev–Trinajstić information content (AvgIpc) is 2.40. The van der Waals surface area contributed by atoms with Gasteiger partial charge in [0.1, 0.15) is 11.8 Å². The molecule has 0 spiro atoms. The third kappa shape index (κ3) is 3.24. The lowest BCUT2D eigenvalue weighted by Crippen LogP contribution is -2.49. The van der Waals surface area contributed by atoms with Crippen molar-refractivity contribution in [3.63, 3.8) is 0 Å². The van der Waals surface area contributed by atoms with Crippen LogP contribution < -0.4 is 10.1 Å². The fourth-order valence-electron chi connectivity index (χ4n) is 2.60. The molecular weight excluding hydrogens is 269 g/mol. The molecule has 1 aliphatic rings. The van der Waals surface area contributed by atoms with E-state index in [2.05, 4.69) is 5.32 Å². The fourth-order valence-corrected chi connectivity index (χ4v) is 2.60. The second kappa shape index (κ2) is 6.01. The van der Waals surface area contributed by atoms with Crippen LogP contribution in [0.5, 0.6) is 5.75 Å². The summed E-state index contributed by atoms with van der Waals surface area (Å²) in [6.07, 6.45) is -4.28. The van der Waals surface area contributed by atoms with Crippen LogP contribution in [0.15, 0.2) is 18.2 Å². The van der Waals surface area contributed by atoms with Gasteiger partial charge in [0.25, 0.3) is 0 Å². The van der Waals surface area contributed by atoms with Crippen LogP contribution in [-0.4, -0.2) is 44.4 Å².